The molecule has 0 saturated carbocycles. The van der Waals surface area contributed by atoms with Crippen LogP contribution in [0, 0.1) is 0 Å². The number of nitrogens with zero attached hydrogens (tertiary/aromatic N) is 1. The van der Waals surface area contributed by atoms with E-state index in [-0.39, 0.29) is 18.4 Å². The van der Waals surface area contributed by atoms with Crippen molar-refractivity contribution in [3.05, 3.63) is 40.9 Å². The fourth-order valence-corrected chi connectivity index (χ4v) is 3.32. The lowest BCUT2D eigenvalue weighted by Crippen LogP contribution is -2.17. The smallest absolute Gasteiger partial charge is 0.325 e. The molecule has 3 rings (SSSR count). The van der Waals surface area contributed by atoms with Gasteiger partial charge in [-0.05, 0) is 12.1 Å². The van der Waals surface area contributed by atoms with Crippen LogP contribution in [0.3, 0.4) is 0 Å². The van der Waals surface area contributed by atoms with E-state index < -0.39 is 0 Å². The molecule has 2 aromatic rings. The van der Waals surface area contributed by atoms with E-state index >= 15 is 0 Å². The second-order valence-electron chi connectivity index (χ2n) is 4.66. The molecule has 1 aliphatic heterocycles. The summed E-state index contributed by atoms with van der Waals surface area (Å²) in [5, 5.41) is 3.55. The van der Waals surface area contributed by atoms with Crippen molar-refractivity contribution in [3.63, 3.8) is 0 Å². The van der Waals surface area contributed by atoms with Gasteiger partial charge in [-0.15, -0.1) is 0 Å². The SMILES string of the molecule is COC(=O)Cn1cc(C=C2SC(=S)NC2=O)c2ccccc21. The summed E-state index contributed by atoms with van der Waals surface area (Å²) in [5.74, 6) is -0.520. The van der Waals surface area contributed by atoms with E-state index in [1.165, 1.54) is 18.9 Å². The predicted octanol–water partition coefficient (Wildman–Crippen LogP) is 2.30. The minimum absolute atomic E-state index is 0.123. The van der Waals surface area contributed by atoms with Crippen LogP contribution >= 0.6 is 24.0 Å². The van der Waals surface area contributed by atoms with Gasteiger partial charge < -0.3 is 14.6 Å². The molecule has 0 bridgehead atoms. The molecule has 112 valence electrons. The number of rotatable bonds is 3. The van der Waals surface area contributed by atoms with Crippen LogP contribution in [-0.4, -0.2) is 27.9 Å². The van der Waals surface area contributed by atoms with Crippen LogP contribution in [0.1, 0.15) is 5.56 Å². The number of methoxy groups -OCH3 is 1. The van der Waals surface area contributed by atoms with E-state index in [1.54, 1.807) is 6.08 Å². The molecular formula is C15H12N2O3S2. The number of thioether (sulfide) groups is 1. The van der Waals surface area contributed by atoms with Gasteiger partial charge in [0.05, 0.1) is 12.0 Å². The zero-order chi connectivity index (χ0) is 15.7. The number of hydrogen-bond acceptors (Lipinski definition) is 5. The van der Waals surface area contributed by atoms with Gasteiger partial charge in [0.25, 0.3) is 5.91 Å². The van der Waals surface area contributed by atoms with Gasteiger partial charge in [0.1, 0.15) is 10.9 Å². The Balaban J connectivity index is 2.07. The molecule has 1 fully saturated rings. The number of nitrogens with one attached hydrogen (secondary N) is 1. The number of thiocarbonyl (C=S) groups is 1. The van der Waals surface area contributed by atoms with E-state index in [4.69, 9.17) is 17.0 Å². The zero-order valence-corrected chi connectivity index (χ0v) is 13.3. The number of amides is 1. The minimum atomic E-state index is -0.325. The first-order chi connectivity index (χ1) is 10.6. The summed E-state index contributed by atoms with van der Waals surface area (Å²) >= 11 is 6.22. The van der Waals surface area contributed by atoms with Crippen LogP contribution in [0.5, 0.6) is 0 Å². The fraction of sp³-hybridized carbons (Fsp3) is 0.133. The summed E-state index contributed by atoms with van der Waals surface area (Å²) in [6.07, 6.45) is 3.62. The molecule has 0 atom stereocenters. The van der Waals surface area contributed by atoms with Gasteiger partial charge in [0.2, 0.25) is 0 Å². The number of fused-ring (bicyclic) bond motifs is 1. The van der Waals surface area contributed by atoms with Crippen molar-refractivity contribution in [2.24, 2.45) is 0 Å². The van der Waals surface area contributed by atoms with Crippen molar-refractivity contribution in [1.29, 1.82) is 0 Å². The van der Waals surface area contributed by atoms with Gasteiger partial charge in [-0.3, -0.25) is 9.59 Å². The Bertz CT molecular complexity index is 823. The first-order valence-electron chi connectivity index (χ1n) is 6.48. The van der Waals surface area contributed by atoms with Gasteiger partial charge in [-0.25, -0.2) is 0 Å². The highest BCUT2D eigenvalue weighted by molar-refractivity contribution is 8.26. The maximum absolute atomic E-state index is 11.8. The number of carbonyl (C=O) groups is 2. The van der Waals surface area contributed by atoms with Gasteiger partial charge in [0, 0.05) is 22.7 Å². The molecule has 1 amide bonds. The monoisotopic (exact) mass is 332 g/mol. The lowest BCUT2D eigenvalue weighted by atomic mass is 10.1. The van der Waals surface area contributed by atoms with Crippen LogP contribution in [0.2, 0.25) is 0 Å². The van der Waals surface area contributed by atoms with Crippen molar-refractivity contribution >= 4 is 57.2 Å². The maximum atomic E-state index is 11.8. The first-order valence-corrected chi connectivity index (χ1v) is 7.70. The predicted molar refractivity (Wildman–Crippen MR) is 90.3 cm³/mol. The number of ether oxygens (including phenoxy) is 1. The standard InChI is InChI=1S/C15H12N2O3S2/c1-20-13(18)8-17-7-9(10-4-2-3-5-11(10)17)6-12-14(19)16-15(21)22-12/h2-7H,8H2,1H3,(H,16,19,21). The first kappa shape index (κ1) is 14.8. The molecule has 2 heterocycles. The fourth-order valence-electron chi connectivity index (χ4n) is 2.29. The Labute approximate surface area is 136 Å². The number of benzene rings is 1. The normalized spacial score (nSPS) is 16.3. The molecule has 0 radical (unpaired) electrons. The summed E-state index contributed by atoms with van der Waals surface area (Å²) in [4.78, 5) is 23.9. The van der Waals surface area contributed by atoms with Crippen LogP contribution < -0.4 is 5.32 Å². The van der Waals surface area contributed by atoms with E-state index in [1.807, 2.05) is 35.0 Å². The summed E-state index contributed by atoms with van der Waals surface area (Å²) in [5.41, 5.74) is 1.77. The lowest BCUT2D eigenvalue weighted by molar-refractivity contribution is -0.141. The van der Waals surface area contributed by atoms with Gasteiger partial charge in [0.15, 0.2) is 0 Å². The topological polar surface area (TPSA) is 60.3 Å². The summed E-state index contributed by atoms with van der Waals surface area (Å²) in [6.45, 7) is 0.123. The second-order valence-corrected chi connectivity index (χ2v) is 6.38. The average Bonchev–Trinajstić information content (AvgIpc) is 3.00. The molecule has 5 nitrogen and oxygen atoms in total. The number of aromatic nitrogens is 1. The van der Waals surface area contributed by atoms with Gasteiger partial charge >= 0.3 is 5.97 Å². The molecule has 0 aliphatic carbocycles. The van der Waals surface area contributed by atoms with E-state index in [0.29, 0.717) is 9.23 Å². The number of para-hydroxylation sites is 1. The second kappa shape index (κ2) is 5.94. The number of esters is 1. The number of hydrogen-bond donors (Lipinski definition) is 1. The highest BCUT2D eigenvalue weighted by atomic mass is 32.2. The molecule has 1 N–H and O–H groups in total. The molecule has 0 unspecified atom stereocenters. The zero-order valence-electron chi connectivity index (χ0n) is 11.7. The molecule has 1 aromatic carbocycles. The van der Waals surface area contributed by atoms with Crippen molar-refractivity contribution in [2.45, 2.75) is 6.54 Å². The Morgan fingerprint density at radius 1 is 1.45 bits per heavy atom. The molecule has 1 aromatic heterocycles. The summed E-state index contributed by atoms with van der Waals surface area (Å²) in [6, 6.07) is 7.69. The largest absolute Gasteiger partial charge is 0.468 e. The third-order valence-corrected chi connectivity index (χ3v) is 4.44. The molecule has 22 heavy (non-hydrogen) atoms. The minimum Gasteiger partial charge on any atom is -0.468 e. The van der Waals surface area contributed by atoms with Crippen LogP contribution in [-0.2, 0) is 20.9 Å². The van der Waals surface area contributed by atoms with E-state index in [0.717, 1.165) is 16.5 Å². The quantitative estimate of drug-likeness (QED) is 0.531. The van der Waals surface area contributed by atoms with Crippen molar-refractivity contribution in [1.82, 2.24) is 9.88 Å². The summed E-state index contributed by atoms with van der Waals surface area (Å²) < 4.78 is 6.98. The van der Waals surface area contributed by atoms with E-state index in [9.17, 15) is 9.59 Å². The van der Waals surface area contributed by atoms with Crippen LogP contribution in [0.15, 0.2) is 35.4 Å². The Kier molecular flexibility index (Phi) is 4.00. The number of carbonyl (C=O) groups excluding carboxylic acids is 2. The highest BCUT2D eigenvalue weighted by Gasteiger charge is 2.22. The molecule has 1 saturated heterocycles. The van der Waals surface area contributed by atoms with Crippen LogP contribution in [0.4, 0.5) is 0 Å². The van der Waals surface area contributed by atoms with Crippen molar-refractivity contribution in [3.8, 4) is 0 Å². The molecular weight excluding hydrogens is 320 g/mol. The van der Waals surface area contributed by atoms with Crippen molar-refractivity contribution < 1.29 is 14.3 Å². The Morgan fingerprint density at radius 2 is 2.23 bits per heavy atom. The van der Waals surface area contributed by atoms with Gasteiger partial charge in [-0.2, -0.15) is 0 Å². The molecule has 1 aliphatic rings. The highest BCUT2D eigenvalue weighted by Crippen LogP contribution is 2.29. The third-order valence-electron chi connectivity index (χ3n) is 3.28. The van der Waals surface area contributed by atoms with Gasteiger partial charge in [-0.1, -0.05) is 42.2 Å². The van der Waals surface area contributed by atoms with Crippen molar-refractivity contribution in [2.75, 3.05) is 7.11 Å². The van der Waals surface area contributed by atoms with Crippen LogP contribution in [0.25, 0.3) is 17.0 Å². The Morgan fingerprint density at radius 3 is 2.91 bits per heavy atom. The maximum Gasteiger partial charge on any atom is 0.325 e. The summed E-state index contributed by atoms with van der Waals surface area (Å²) in [7, 11) is 1.36. The average molecular weight is 332 g/mol. The lowest BCUT2D eigenvalue weighted by Gasteiger charge is -2.02. The third kappa shape index (κ3) is 2.77. The molecule has 0 spiro atoms. The Hall–Kier alpha value is -2.12. The van der Waals surface area contributed by atoms with E-state index in [2.05, 4.69) is 5.32 Å². The molecule has 7 heteroatoms.